The quantitative estimate of drug-likeness (QED) is 0.112. The first kappa shape index (κ1) is 27.1. The van der Waals surface area contributed by atoms with Crippen molar-refractivity contribution in [2.75, 3.05) is 20.6 Å². The van der Waals surface area contributed by atoms with Crippen molar-refractivity contribution in [1.82, 2.24) is 44.7 Å². The number of aryl methyl sites for hydroxylation is 1. The van der Waals surface area contributed by atoms with Gasteiger partial charge in [-0.25, -0.2) is 14.5 Å². The van der Waals surface area contributed by atoms with E-state index in [4.69, 9.17) is 9.52 Å². The fraction of sp³-hybridized carbons (Fsp3) is 0.240. The minimum Gasteiger partial charge on any atom is -0.422 e. The van der Waals surface area contributed by atoms with Crippen LogP contribution in [0, 0.1) is 6.92 Å². The maximum Gasteiger partial charge on any atom is 0.336 e. The lowest BCUT2D eigenvalue weighted by atomic mass is 10.0. The Kier molecular flexibility index (Phi) is 7.84. The van der Waals surface area contributed by atoms with Gasteiger partial charge in [0, 0.05) is 34.8 Å². The smallest absolute Gasteiger partial charge is 0.336 e. The molecule has 0 saturated carbocycles. The third kappa shape index (κ3) is 5.62. The second-order valence-corrected chi connectivity index (χ2v) is 10.9. The molecular weight excluding hydrogens is 558 g/mol. The van der Waals surface area contributed by atoms with Gasteiger partial charge in [0.25, 0.3) is 5.78 Å². The molecule has 0 aliphatic heterocycles. The Morgan fingerprint density at radius 3 is 2.74 bits per heavy atom. The van der Waals surface area contributed by atoms with E-state index < -0.39 is 0 Å². The van der Waals surface area contributed by atoms with Crippen molar-refractivity contribution in [3.63, 3.8) is 0 Å². The first-order valence-electron chi connectivity index (χ1n) is 11.8. The van der Waals surface area contributed by atoms with E-state index in [0.29, 0.717) is 34.0 Å². The molecule has 0 aliphatic rings. The molecule has 6 aromatic rings. The number of fused-ring (bicyclic) bond motifs is 4. The minimum absolute atomic E-state index is 0. The molecule has 0 unspecified atom stereocenters. The van der Waals surface area contributed by atoms with Crippen LogP contribution in [0.3, 0.4) is 0 Å². The number of nitrogens with zero attached hydrogens (tertiary/aromatic N) is 9. The fourth-order valence-electron chi connectivity index (χ4n) is 4.09. The fourth-order valence-corrected chi connectivity index (χ4v) is 5.83. The van der Waals surface area contributed by atoms with Gasteiger partial charge in [0.1, 0.15) is 10.6 Å². The lowest BCUT2D eigenvalue weighted by molar-refractivity contribution is 0.361. The van der Waals surface area contributed by atoms with E-state index in [1.54, 1.807) is 9.20 Å². The molecule has 0 saturated heterocycles. The summed E-state index contributed by atoms with van der Waals surface area (Å²) in [6, 6.07) is 15.4. The first-order valence-corrected chi connectivity index (χ1v) is 13.7. The lowest BCUT2D eigenvalue weighted by Gasteiger charge is -2.10. The molecule has 0 aliphatic carbocycles. The van der Waals surface area contributed by atoms with Crippen LogP contribution in [0.5, 0.6) is 0 Å². The van der Waals surface area contributed by atoms with Gasteiger partial charge < -0.3 is 9.32 Å². The summed E-state index contributed by atoms with van der Waals surface area (Å²) in [7, 11) is 4.02. The highest BCUT2D eigenvalue weighted by Gasteiger charge is 2.16. The Hall–Kier alpha value is -3.52. The van der Waals surface area contributed by atoms with Crippen LogP contribution in [0.15, 0.2) is 73.1 Å². The molecule has 0 bridgehead atoms. The van der Waals surface area contributed by atoms with E-state index in [2.05, 4.69) is 30.4 Å². The van der Waals surface area contributed by atoms with Crippen molar-refractivity contribution >= 4 is 63.5 Å². The topological polar surface area (TPSA) is 120 Å². The monoisotopic (exact) mass is 581 g/mol. The summed E-state index contributed by atoms with van der Waals surface area (Å²) in [6.45, 7) is 3.40. The zero-order valence-corrected chi connectivity index (χ0v) is 23.8. The number of aromatic nitrogens is 8. The Morgan fingerprint density at radius 1 is 1.05 bits per heavy atom. The van der Waals surface area contributed by atoms with Crippen LogP contribution in [-0.4, -0.2) is 65.3 Å². The highest BCUT2D eigenvalue weighted by atomic mass is 35.5. The van der Waals surface area contributed by atoms with Crippen LogP contribution in [0.25, 0.3) is 27.5 Å². The van der Waals surface area contributed by atoms with Gasteiger partial charge in [-0.1, -0.05) is 48.2 Å². The van der Waals surface area contributed by atoms with Gasteiger partial charge in [0.2, 0.25) is 10.3 Å². The second kappa shape index (κ2) is 11.3. The molecule has 0 fully saturated rings. The summed E-state index contributed by atoms with van der Waals surface area (Å²) in [5.74, 6) is 0.993. The number of halogens is 1. The molecule has 4 heterocycles. The standard InChI is InChI=1S/C25H23N9O2S2.ClH/c1-15-12-20(38-25-28-30-31-33(25)11-10-32(2)3)34-23(26-15)27-24(29-34)37-14-17-13-21(35)36-22-18-7-5-4-6-16(18)8-9-19(17)22;/h4-9,12-13H,10-11,14H2,1-3H3;1H. The third-order valence-corrected chi connectivity index (χ3v) is 7.78. The van der Waals surface area contributed by atoms with Crippen LogP contribution < -0.4 is 5.63 Å². The van der Waals surface area contributed by atoms with Crippen LogP contribution in [-0.2, 0) is 12.3 Å². The molecule has 0 N–H and O–H groups in total. The van der Waals surface area contributed by atoms with Gasteiger partial charge in [0.15, 0.2) is 0 Å². The molecular formula is C25H24ClN9O2S2. The van der Waals surface area contributed by atoms with Gasteiger partial charge in [-0.2, -0.15) is 9.50 Å². The van der Waals surface area contributed by atoms with Crippen LogP contribution in [0.2, 0.25) is 0 Å². The SMILES string of the molecule is Cc1cc(Sc2nnnn2CCN(C)C)n2nc(SCc3cc(=O)oc4c3ccc3ccccc34)nc2n1.Cl. The van der Waals surface area contributed by atoms with Gasteiger partial charge in [0.05, 0.1) is 6.54 Å². The normalized spacial score (nSPS) is 11.6. The lowest BCUT2D eigenvalue weighted by Crippen LogP contribution is -2.19. The van der Waals surface area contributed by atoms with E-state index in [0.717, 1.165) is 39.0 Å². The average Bonchev–Trinajstić information content (AvgIpc) is 3.52. The Morgan fingerprint density at radius 2 is 1.90 bits per heavy atom. The molecule has 0 amide bonds. The Labute approximate surface area is 237 Å². The van der Waals surface area contributed by atoms with E-state index in [1.807, 2.05) is 63.5 Å². The van der Waals surface area contributed by atoms with Gasteiger partial charge in [-0.15, -0.1) is 22.6 Å². The largest absolute Gasteiger partial charge is 0.422 e. The molecule has 6 rings (SSSR count). The zero-order valence-electron chi connectivity index (χ0n) is 21.3. The maximum absolute atomic E-state index is 12.4. The number of tetrazole rings is 1. The van der Waals surface area contributed by atoms with Gasteiger partial charge in [-0.05, 0) is 60.2 Å². The number of benzene rings is 2. The second-order valence-electron chi connectivity index (χ2n) is 8.97. The molecule has 200 valence electrons. The predicted molar refractivity (Wildman–Crippen MR) is 153 cm³/mol. The van der Waals surface area contributed by atoms with E-state index in [-0.39, 0.29) is 18.0 Å². The van der Waals surface area contributed by atoms with Gasteiger partial charge in [-0.3, -0.25) is 0 Å². The van der Waals surface area contributed by atoms with Crippen LogP contribution >= 0.6 is 35.9 Å². The van der Waals surface area contributed by atoms with Crippen molar-refractivity contribution in [1.29, 1.82) is 0 Å². The predicted octanol–water partition coefficient (Wildman–Crippen LogP) is 4.11. The molecule has 2 aromatic carbocycles. The van der Waals surface area contributed by atoms with Crippen LogP contribution in [0.1, 0.15) is 11.3 Å². The average molecular weight is 582 g/mol. The number of thioether (sulfide) groups is 1. The Bertz CT molecular complexity index is 1850. The first-order chi connectivity index (χ1) is 18.4. The number of hydrogen-bond donors (Lipinski definition) is 0. The summed E-state index contributed by atoms with van der Waals surface area (Å²) in [6.07, 6.45) is 0. The molecule has 0 radical (unpaired) electrons. The number of likely N-dealkylation sites (N-methyl/N-ethyl adjacent to an activating group) is 1. The molecule has 4 aromatic heterocycles. The minimum atomic E-state index is -0.379. The number of rotatable bonds is 8. The molecule has 39 heavy (non-hydrogen) atoms. The number of hydrogen-bond acceptors (Lipinski definition) is 11. The van der Waals surface area contributed by atoms with Crippen molar-refractivity contribution in [3.05, 3.63) is 70.2 Å². The van der Waals surface area contributed by atoms with Crippen molar-refractivity contribution < 1.29 is 4.42 Å². The molecule has 14 heteroatoms. The van der Waals surface area contributed by atoms with Crippen molar-refractivity contribution in [2.45, 2.75) is 34.6 Å². The van der Waals surface area contributed by atoms with E-state index in [9.17, 15) is 4.79 Å². The third-order valence-electron chi connectivity index (χ3n) is 5.92. The summed E-state index contributed by atoms with van der Waals surface area (Å²) in [4.78, 5) is 23.7. The van der Waals surface area contributed by atoms with Crippen LogP contribution in [0.4, 0.5) is 0 Å². The summed E-state index contributed by atoms with van der Waals surface area (Å²) in [5.41, 5.74) is 1.90. The maximum atomic E-state index is 12.4. The van der Waals surface area contributed by atoms with Crippen molar-refractivity contribution in [2.24, 2.45) is 0 Å². The summed E-state index contributed by atoms with van der Waals surface area (Å²) >= 11 is 2.86. The van der Waals surface area contributed by atoms with Gasteiger partial charge >= 0.3 is 5.63 Å². The molecule has 0 spiro atoms. The zero-order chi connectivity index (χ0) is 26.2. The summed E-state index contributed by atoms with van der Waals surface area (Å²) in [5, 5.41) is 21.7. The molecule has 11 nitrogen and oxygen atoms in total. The summed E-state index contributed by atoms with van der Waals surface area (Å²) < 4.78 is 9.08. The highest BCUT2D eigenvalue weighted by molar-refractivity contribution is 7.99. The van der Waals surface area contributed by atoms with Crippen molar-refractivity contribution in [3.8, 4) is 0 Å². The van der Waals surface area contributed by atoms with E-state index in [1.165, 1.54) is 29.6 Å². The Balaban J connectivity index is 0.00000308. The van der Waals surface area contributed by atoms with E-state index >= 15 is 0 Å². The highest BCUT2D eigenvalue weighted by Crippen LogP contribution is 2.31. The molecule has 0 atom stereocenters.